The number of ether oxygens (including phenoxy) is 1. The van der Waals surface area contributed by atoms with Crippen LogP contribution in [0.2, 0.25) is 0 Å². The van der Waals surface area contributed by atoms with Gasteiger partial charge in [-0.3, -0.25) is 0 Å². The number of hydrogen-bond donors (Lipinski definition) is 1. The van der Waals surface area contributed by atoms with Gasteiger partial charge in [0.1, 0.15) is 5.75 Å². The molecule has 0 aromatic heterocycles. The third-order valence-electron chi connectivity index (χ3n) is 3.07. The van der Waals surface area contributed by atoms with E-state index in [4.69, 9.17) is 4.74 Å². The standard InChI is InChI=1S/C13H19BrN2O/c1-10-9-16(7-3-6-15-10)12-8-11(14)4-5-13(12)17-2/h4-5,8,10,15H,3,6-7,9H2,1-2H3. The van der Waals surface area contributed by atoms with Crippen molar-refractivity contribution in [3.8, 4) is 5.75 Å². The molecule has 4 heteroatoms. The smallest absolute Gasteiger partial charge is 0.142 e. The summed E-state index contributed by atoms with van der Waals surface area (Å²) in [6.07, 6.45) is 1.17. The van der Waals surface area contributed by atoms with Crippen LogP contribution in [0.3, 0.4) is 0 Å². The molecule has 2 rings (SSSR count). The number of nitrogens with one attached hydrogen (secondary N) is 1. The maximum Gasteiger partial charge on any atom is 0.142 e. The highest BCUT2D eigenvalue weighted by Crippen LogP contribution is 2.31. The van der Waals surface area contributed by atoms with Gasteiger partial charge in [0, 0.05) is 23.6 Å². The van der Waals surface area contributed by atoms with Crippen molar-refractivity contribution in [1.82, 2.24) is 5.32 Å². The van der Waals surface area contributed by atoms with Crippen LogP contribution in [-0.4, -0.2) is 32.8 Å². The summed E-state index contributed by atoms with van der Waals surface area (Å²) in [4.78, 5) is 2.40. The Kier molecular flexibility index (Phi) is 4.29. The van der Waals surface area contributed by atoms with Gasteiger partial charge in [-0.25, -0.2) is 0 Å². The van der Waals surface area contributed by atoms with Crippen LogP contribution in [0.15, 0.2) is 22.7 Å². The third kappa shape index (κ3) is 3.13. The second-order valence-corrected chi connectivity index (χ2v) is 5.39. The largest absolute Gasteiger partial charge is 0.495 e. The molecule has 1 unspecified atom stereocenters. The Labute approximate surface area is 111 Å². The van der Waals surface area contributed by atoms with E-state index in [0.717, 1.165) is 29.9 Å². The molecule has 1 heterocycles. The van der Waals surface area contributed by atoms with E-state index in [1.54, 1.807) is 7.11 Å². The second-order valence-electron chi connectivity index (χ2n) is 4.47. The van der Waals surface area contributed by atoms with Gasteiger partial charge in [0.25, 0.3) is 0 Å². The third-order valence-corrected chi connectivity index (χ3v) is 3.57. The van der Waals surface area contributed by atoms with Gasteiger partial charge in [0.2, 0.25) is 0 Å². The average molecular weight is 299 g/mol. The van der Waals surface area contributed by atoms with Gasteiger partial charge in [-0.15, -0.1) is 0 Å². The van der Waals surface area contributed by atoms with Crippen LogP contribution in [0.5, 0.6) is 5.75 Å². The number of nitrogens with zero attached hydrogens (tertiary/aromatic N) is 1. The maximum absolute atomic E-state index is 5.45. The number of anilines is 1. The molecular formula is C13H19BrN2O. The molecule has 0 saturated carbocycles. The summed E-state index contributed by atoms with van der Waals surface area (Å²) in [6.45, 7) is 5.41. The van der Waals surface area contributed by atoms with Gasteiger partial charge in [0.15, 0.2) is 0 Å². The molecule has 0 radical (unpaired) electrons. The topological polar surface area (TPSA) is 24.5 Å². The van der Waals surface area contributed by atoms with E-state index in [-0.39, 0.29) is 0 Å². The predicted molar refractivity (Wildman–Crippen MR) is 75.0 cm³/mol. The Morgan fingerprint density at radius 2 is 2.29 bits per heavy atom. The Morgan fingerprint density at radius 3 is 3.06 bits per heavy atom. The van der Waals surface area contributed by atoms with Crippen LogP contribution in [0.25, 0.3) is 0 Å². The van der Waals surface area contributed by atoms with E-state index in [1.807, 2.05) is 12.1 Å². The molecule has 17 heavy (non-hydrogen) atoms. The predicted octanol–water partition coefficient (Wildman–Crippen LogP) is 2.65. The van der Waals surface area contributed by atoms with Crippen LogP contribution < -0.4 is 15.0 Å². The van der Waals surface area contributed by atoms with Gasteiger partial charge in [-0.2, -0.15) is 0 Å². The summed E-state index contributed by atoms with van der Waals surface area (Å²) >= 11 is 3.53. The van der Waals surface area contributed by atoms with E-state index in [9.17, 15) is 0 Å². The molecule has 1 aromatic carbocycles. The zero-order valence-electron chi connectivity index (χ0n) is 10.4. The lowest BCUT2D eigenvalue weighted by Crippen LogP contribution is -2.35. The number of halogens is 1. The first-order valence-electron chi connectivity index (χ1n) is 6.02. The zero-order valence-corrected chi connectivity index (χ0v) is 12.0. The summed E-state index contributed by atoms with van der Waals surface area (Å²) in [6, 6.07) is 6.68. The molecule has 0 spiro atoms. The van der Waals surface area contributed by atoms with Crippen molar-refractivity contribution in [3.63, 3.8) is 0 Å². The van der Waals surface area contributed by atoms with Gasteiger partial charge < -0.3 is 15.0 Å². The van der Waals surface area contributed by atoms with Crippen LogP contribution >= 0.6 is 15.9 Å². The molecule has 1 saturated heterocycles. The Morgan fingerprint density at radius 1 is 1.47 bits per heavy atom. The van der Waals surface area contributed by atoms with E-state index in [2.05, 4.69) is 39.1 Å². The lowest BCUT2D eigenvalue weighted by Gasteiger charge is -2.26. The fourth-order valence-corrected chi connectivity index (χ4v) is 2.58. The highest BCUT2D eigenvalue weighted by molar-refractivity contribution is 9.10. The summed E-state index contributed by atoms with van der Waals surface area (Å²) in [5.74, 6) is 0.947. The number of rotatable bonds is 2. The summed E-state index contributed by atoms with van der Waals surface area (Å²) in [7, 11) is 1.73. The van der Waals surface area contributed by atoms with Crippen LogP contribution in [-0.2, 0) is 0 Å². The van der Waals surface area contributed by atoms with Crippen LogP contribution in [0.1, 0.15) is 13.3 Å². The molecule has 1 atom stereocenters. The monoisotopic (exact) mass is 298 g/mol. The Bertz CT molecular complexity index is 384. The van der Waals surface area contributed by atoms with Crippen LogP contribution in [0, 0.1) is 0 Å². The molecule has 3 nitrogen and oxygen atoms in total. The molecule has 1 N–H and O–H groups in total. The highest BCUT2D eigenvalue weighted by Gasteiger charge is 2.17. The quantitative estimate of drug-likeness (QED) is 0.908. The molecule has 0 bridgehead atoms. The lowest BCUT2D eigenvalue weighted by molar-refractivity contribution is 0.414. The molecule has 1 aliphatic rings. The number of hydrogen-bond acceptors (Lipinski definition) is 3. The first-order chi connectivity index (χ1) is 8.20. The van der Waals surface area contributed by atoms with Crippen LogP contribution in [0.4, 0.5) is 5.69 Å². The normalized spacial score (nSPS) is 21.1. The SMILES string of the molecule is COc1ccc(Br)cc1N1CCCNC(C)C1. The van der Waals surface area contributed by atoms with Gasteiger partial charge in [0.05, 0.1) is 12.8 Å². The first kappa shape index (κ1) is 12.7. The molecule has 1 fully saturated rings. The summed E-state index contributed by atoms with van der Waals surface area (Å²) < 4.78 is 6.54. The fraction of sp³-hybridized carbons (Fsp3) is 0.538. The molecule has 0 amide bonds. The minimum atomic E-state index is 0.515. The first-order valence-corrected chi connectivity index (χ1v) is 6.82. The molecule has 1 aliphatic heterocycles. The van der Waals surface area contributed by atoms with Crippen molar-refractivity contribution < 1.29 is 4.74 Å². The minimum absolute atomic E-state index is 0.515. The minimum Gasteiger partial charge on any atom is -0.495 e. The van der Waals surface area contributed by atoms with E-state index in [0.29, 0.717) is 6.04 Å². The molecular weight excluding hydrogens is 280 g/mol. The second kappa shape index (κ2) is 5.74. The lowest BCUT2D eigenvalue weighted by atomic mass is 10.2. The van der Waals surface area contributed by atoms with Gasteiger partial charge in [-0.05, 0) is 38.1 Å². The van der Waals surface area contributed by atoms with Crippen molar-refractivity contribution in [1.29, 1.82) is 0 Å². The van der Waals surface area contributed by atoms with E-state index < -0.39 is 0 Å². The van der Waals surface area contributed by atoms with E-state index in [1.165, 1.54) is 12.1 Å². The maximum atomic E-state index is 5.45. The number of benzene rings is 1. The Balaban J connectivity index is 2.27. The van der Waals surface area contributed by atoms with Crippen molar-refractivity contribution in [2.75, 3.05) is 31.6 Å². The zero-order chi connectivity index (χ0) is 12.3. The van der Waals surface area contributed by atoms with Crippen molar-refractivity contribution in [3.05, 3.63) is 22.7 Å². The average Bonchev–Trinajstić information content (AvgIpc) is 2.54. The highest BCUT2D eigenvalue weighted by atomic mass is 79.9. The van der Waals surface area contributed by atoms with Gasteiger partial charge in [-0.1, -0.05) is 15.9 Å². The Hall–Kier alpha value is -0.740. The van der Waals surface area contributed by atoms with Crippen molar-refractivity contribution >= 4 is 21.6 Å². The van der Waals surface area contributed by atoms with E-state index >= 15 is 0 Å². The van der Waals surface area contributed by atoms with Gasteiger partial charge >= 0.3 is 0 Å². The van der Waals surface area contributed by atoms with Crippen molar-refractivity contribution in [2.45, 2.75) is 19.4 Å². The summed E-state index contributed by atoms with van der Waals surface area (Å²) in [5, 5.41) is 3.50. The fourth-order valence-electron chi connectivity index (χ4n) is 2.23. The summed E-state index contributed by atoms with van der Waals surface area (Å²) in [5.41, 5.74) is 1.18. The number of methoxy groups -OCH3 is 1. The molecule has 94 valence electrons. The molecule has 0 aliphatic carbocycles. The van der Waals surface area contributed by atoms with Crippen molar-refractivity contribution in [2.24, 2.45) is 0 Å². The molecule has 1 aromatic rings.